The molecule has 2 bridgehead atoms. The number of carbonyl (C=O) groups is 1. The second-order valence-corrected chi connectivity index (χ2v) is 3.92. The van der Waals surface area contributed by atoms with E-state index in [1.807, 2.05) is 0 Å². The Balaban J connectivity index is 2.16. The summed E-state index contributed by atoms with van der Waals surface area (Å²) in [6, 6.07) is 0. The van der Waals surface area contributed by atoms with E-state index in [1.54, 1.807) is 0 Å². The van der Waals surface area contributed by atoms with Gasteiger partial charge in [-0.05, 0) is 31.1 Å². The highest BCUT2D eigenvalue weighted by Crippen LogP contribution is 2.42. The van der Waals surface area contributed by atoms with Crippen molar-refractivity contribution in [2.45, 2.75) is 32.6 Å². The molecule has 3 aliphatic rings. The lowest BCUT2D eigenvalue weighted by Gasteiger charge is -2.39. The molecule has 3 aliphatic carbocycles. The van der Waals surface area contributed by atoms with Crippen LogP contribution in [0.15, 0.2) is 0 Å². The molecule has 1 heteroatoms. The first-order valence-electron chi connectivity index (χ1n) is 4.30. The summed E-state index contributed by atoms with van der Waals surface area (Å²) in [5.74, 6) is 2.59. The largest absolute Gasteiger partial charge is 0.299 e. The first-order valence-corrected chi connectivity index (χ1v) is 4.30. The molecule has 0 radical (unpaired) electrons. The fourth-order valence-electron chi connectivity index (χ4n) is 2.48. The van der Waals surface area contributed by atoms with Crippen molar-refractivity contribution in [2.24, 2.45) is 17.8 Å². The predicted octanol–water partition coefficient (Wildman–Crippen LogP) is 2.01. The topological polar surface area (TPSA) is 17.1 Å². The average molecular weight is 138 g/mol. The summed E-state index contributed by atoms with van der Waals surface area (Å²) in [6.45, 7) is 2.29. The molecule has 0 saturated heterocycles. The Labute approximate surface area is 61.8 Å². The molecule has 3 rings (SSSR count). The smallest absolute Gasteiger partial charge is 0.136 e. The van der Waals surface area contributed by atoms with Crippen molar-refractivity contribution in [3.63, 3.8) is 0 Å². The van der Waals surface area contributed by atoms with E-state index in [-0.39, 0.29) is 0 Å². The molecule has 0 aromatic rings. The quantitative estimate of drug-likeness (QED) is 0.500. The van der Waals surface area contributed by atoms with E-state index >= 15 is 0 Å². The molecule has 0 aliphatic heterocycles. The lowest BCUT2D eigenvalue weighted by molar-refractivity contribution is -0.131. The number of ketones is 1. The van der Waals surface area contributed by atoms with Crippen molar-refractivity contribution in [3.8, 4) is 0 Å². The van der Waals surface area contributed by atoms with Gasteiger partial charge in [0, 0.05) is 12.3 Å². The fraction of sp³-hybridized carbons (Fsp3) is 0.889. The highest BCUT2D eigenvalue weighted by atomic mass is 16.1. The minimum absolute atomic E-state index is 0.458. The zero-order valence-electron chi connectivity index (χ0n) is 6.47. The van der Waals surface area contributed by atoms with Crippen molar-refractivity contribution < 1.29 is 4.79 Å². The highest BCUT2D eigenvalue weighted by Gasteiger charge is 2.38. The van der Waals surface area contributed by atoms with Crippen LogP contribution in [0.3, 0.4) is 0 Å². The number of fused-ring (bicyclic) bond motifs is 3. The molecule has 0 heterocycles. The van der Waals surface area contributed by atoms with Gasteiger partial charge in [0.2, 0.25) is 0 Å². The zero-order valence-corrected chi connectivity index (χ0v) is 6.47. The molecule has 0 N–H and O–H groups in total. The molecular weight excluding hydrogens is 124 g/mol. The summed E-state index contributed by atoms with van der Waals surface area (Å²) < 4.78 is 0. The van der Waals surface area contributed by atoms with E-state index in [9.17, 15) is 4.79 Å². The molecule has 56 valence electrons. The Morgan fingerprint density at radius 3 is 2.50 bits per heavy atom. The van der Waals surface area contributed by atoms with Gasteiger partial charge in [0.05, 0.1) is 0 Å². The second kappa shape index (κ2) is 2.08. The van der Waals surface area contributed by atoms with Gasteiger partial charge in [-0.25, -0.2) is 0 Å². The van der Waals surface area contributed by atoms with Crippen LogP contribution in [-0.4, -0.2) is 5.78 Å². The maximum Gasteiger partial charge on any atom is 0.136 e. The van der Waals surface area contributed by atoms with Gasteiger partial charge >= 0.3 is 0 Å². The number of carbonyl (C=O) groups excluding carboxylic acids is 1. The zero-order chi connectivity index (χ0) is 7.14. The molecule has 3 atom stereocenters. The van der Waals surface area contributed by atoms with E-state index in [0.717, 1.165) is 18.3 Å². The van der Waals surface area contributed by atoms with E-state index in [4.69, 9.17) is 0 Å². The van der Waals surface area contributed by atoms with Gasteiger partial charge in [0.25, 0.3) is 0 Å². The van der Waals surface area contributed by atoms with Gasteiger partial charge in [-0.15, -0.1) is 0 Å². The van der Waals surface area contributed by atoms with Crippen LogP contribution in [0.1, 0.15) is 32.6 Å². The second-order valence-electron chi connectivity index (χ2n) is 3.92. The maximum atomic E-state index is 11.2. The van der Waals surface area contributed by atoms with Gasteiger partial charge in [0.15, 0.2) is 0 Å². The Kier molecular flexibility index (Phi) is 1.33. The van der Waals surface area contributed by atoms with Gasteiger partial charge in [0.1, 0.15) is 5.78 Å². The van der Waals surface area contributed by atoms with Crippen molar-refractivity contribution in [1.29, 1.82) is 0 Å². The van der Waals surface area contributed by atoms with E-state index in [0.29, 0.717) is 11.7 Å². The summed E-state index contributed by atoms with van der Waals surface area (Å²) in [5, 5.41) is 0. The lowest BCUT2D eigenvalue weighted by atomic mass is 9.65. The molecule has 1 nitrogen and oxygen atoms in total. The summed E-state index contributed by atoms with van der Waals surface area (Å²) in [5.41, 5.74) is 0. The van der Waals surface area contributed by atoms with Crippen LogP contribution in [-0.2, 0) is 4.79 Å². The summed E-state index contributed by atoms with van der Waals surface area (Å²) in [6.07, 6.45) is 4.58. The third-order valence-corrected chi connectivity index (χ3v) is 3.27. The Morgan fingerprint density at radius 1 is 1.40 bits per heavy atom. The monoisotopic (exact) mass is 138 g/mol. The standard InChI is InChI=1S/C9H14O/c1-6-4-8-3-2-7(6)5-9(8)10/h6-8H,2-5H2,1H3/t6?,7-,8-/m1/s1. The Hall–Kier alpha value is -0.330. The first kappa shape index (κ1) is 6.38. The molecule has 0 aromatic carbocycles. The molecule has 3 saturated carbocycles. The van der Waals surface area contributed by atoms with Crippen LogP contribution in [0, 0.1) is 17.8 Å². The predicted molar refractivity (Wildman–Crippen MR) is 39.6 cm³/mol. The van der Waals surface area contributed by atoms with Gasteiger partial charge in [-0.2, -0.15) is 0 Å². The molecule has 10 heavy (non-hydrogen) atoms. The normalized spacial score (nSPS) is 46.1. The van der Waals surface area contributed by atoms with E-state index in [1.165, 1.54) is 19.3 Å². The van der Waals surface area contributed by atoms with Gasteiger partial charge in [-0.1, -0.05) is 6.92 Å². The minimum atomic E-state index is 0.458. The maximum absolute atomic E-state index is 11.2. The summed E-state index contributed by atoms with van der Waals surface area (Å²) in [7, 11) is 0. The van der Waals surface area contributed by atoms with Gasteiger partial charge in [-0.3, -0.25) is 4.79 Å². The average Bonchev–Trinajstić information content (AvgIpc) is 1.91. The Bertz CT molecular complexity index is 162. The molecule has 0 amide bonds. The third-order valence-electron chi connectivity index (χ3n) is 3.27. The summed E-state index contributed by atoms with van der Waals surface area (Å²) in [4.78, 5) is 11.2. The van der Waals surface area contributed by atoms with Gasteiger partial charge < -0.3 is 0 Å². The number of rotatable bonds is 0. The fourth-order valence-corrected chi connectivity index (χ4v) is 2.48. The molecule has 1 unspecified atom stereocenters. The SMILES string of the molecule is CC1C[C@H]2CC[C@@H]1CC2=O. The lowest BCUT2D eigenvalue weighted by Crippen LogP contribution is -2.36. The molecular formula is C9H14O. The number of Topliss-reactive ketones (excluding diaryl/α,β-unsaturated/α-hetero) is 1. The van der Waals surface area contributed by atoms with Crippen LogP contribution < -0.4 is 0 Å². The van der Waals surface area contributed by atoms with E-state index in [2.05, 4.69) is 6.92 Å². The van der Waals surface area contributed by atoms with Crippen LogP contribution in [0.4, 0.5) is 0 Å². The van der Waals surface area contributed by atoms with Crippen molar-refractivity contribution in [1.82, 2.24) is 0 Å². The van der Waals surface area contributed by atoms with Crippen molar-refractivity contribution in [2.75, 3.05) is 0 Å². The third kappa shape index (κ3) is 0.799. The van der Waals surface area contributed by atoms with E-state index < -0.39 is 0 Å². The number of hydrogen-bond donors (Lipinski definition) is 0. The first-order chi connectivity index (χ1) is 4.77. The number of hydrogen-bond acceptors (Lipinski definition) is 1. The van der Waals surface area contributed by atoms with Crippen LogP contribution in [0.5, 0.6) is 0 Å². The summed E-state index contributed by atoms with van der Waals surface area (Å²) >= 11 is 0. The molecule has 0 spiro atoms. The van der Waals surface area contributed by atoms with Crippen LogP contribution in [0.25, 0.3) is 0 Å². The van der Waals surface area contributed by atoms with Crippen molar-refractivity contribution in [3.05, 3.63) is 0 Å². The van der Waals surface area contributed by atoms with Crippen LogP contribution in [0.2, 0.25) is 0 Å². The highest BCUT2D eigenvalue weighted by molar-refractivity contribution is 5.82. The van der Waals surface area contributed by atoms with Crippen molar-refractivity contribution >= 4 is 5.78 Å². The van der Waals surface area contributed by atoms with Crippen LogP contribution >= 0.6 is 0 Å². The molecule has 3 fully saturated rings. The Morgan fingerprint density at radius 2 is 2.20 bits per heavy atom. The minimum Gasteiger partial charge on any atom is -0.299 e. The molecule has 0 aromatic heterocycles.